The van der Waals surface area contributed by atoms with E-state index in [0.717, 1.165) is 54.4 Å². The van der Waals surface area contributed by atoms with Crippen molar-refractivity contribution in [3.63, 3.8) is 0 Å². The van der Waals surface area contributed by atoms with E-state index in [1.807, 2.05) is 60.3 Å². The molecule has 0 saturated carbocycles. The van der Waals surface area contributed by atoms with Crippen LogP contribution < -0.4 is 0 Å². The largest absolute Gasteiger partial charge is 0.367 e. The Morgan fingerprint density at radius 2 is 1.97 bits per heavy atom. The molecule has 2 aromatic heterocycles. The normalized spacial score (nSPS) is 25.6. The first kappa shape index (κ1) is 21.7. The minimum absolute atomic E-state index is 0.0827. The fourth-order valence-electron chi connectivity index (χ4n) is 4.73. The zero-order chi connectivity index (χ0) is 23.1. The molecule has 1 amide bonds. The summed E-state index contributed by atoms with van der Waals surface area (Å²) in [5.41, 5.74) is 5.21. The lowest BCUT2D eigenvalue weighted by atomic mass is 10.0. The highest BCUT2D eigenvalue weighted by molar-refractivity contribution is 6.33. The van der Waals surface area contributed by atoms with Gasteiger partial charge in [0, 0.05) is 61.6 Å². The van der Waals surface area contributed by atoms with Crippen LogP contribution in [-0.2, 0) is 4.79 Å². The summed E-state index contributed by atoms with van der Waals surface area (Å²) in [5.74, 6) is -0.0827. The Morgan fingerprint density at radius 3 is 2.76 bits per heavy atom. The summed E-state index contributed by atoms with van der Waals surface area (Å²) in [4.78, 5) is 24.4. The number of halogens is 1. The number of imidazole rings is 1. The smallest absolute Gasteiger partial charge is 0.255 e. The molecule has 5 rings (SSSR count). The number of piperazine rings is 1. The zero-order valence-electron chi connectivity index (χ0n) is 19.2. The number of allylic oxidation sites excluding steroid dienone is 6. The topological polar surface area (TPSA) is 44.1 Å². The Kier molecular flexibility index (Phi) is 5.72. The van der Waals surface area contributed by atoms with Crippen LogP contribution in [0.3, 0.4) is 0 Å². The molecule has 0 unspecified atom stereocenters. The molecular formula is C26H28ClN5O. The van der Waals surface area contributed by atoms with Crippen LogP contribution in [-0.4, -0.2) is 62.2 Å². The van der Waals surface area contributed by atoms with Crippen molar-refractivity contribution >= 4 is 28.7 Å². The quantitative estimate of drug-likeness (QED) is 0.679. The Bertz CT molecular complexity index is 1260. The predicted molar refractivity (Wildman–Crippen MR) is 132 cm³/mol. The molecule has 0 aliphatic carbocycles. The number of amides is 1. The number of likely N-dealkylation sites (N-methyl/N-ethyl adjacent to an activating group) is 1. The van der Waals surface area contributed by atoms with Gasteiger partial charge in [0.05, 0.1) is 16.4 Å². The summed E-state index contributed by atoms with van der Waals surface area (Å²) in [5, 5.41) is 0.559. The molecule has 0 N–H and O–H groups in total. The average molecular weight is 462 g/mol. The number of hydrogen-bond acceptors (Lipinski definition) is 4. The van der Waals surface area contributed by atoms with Gasteiger partial charge in [-0.3, -0.25) is 14.6 Å². The summed E-state index contributed by atoms with van der Waals surface area (Å²) in [7, 11) is 0. The van der Waals surface area contributed by atoms with Crippen molar-refractivity contribution in [2.45, 2.75) is 26.8 Å². The third kappa shape index (κ3) is 4.16. The standard InChI is InChI=1S/C26H28ClN5O/c1-4-29-10-11-30(15-19(29)3)23-9-8-22-7-5-6-20(13-25(33)32(22)17-23)21-12-24(27)26-28-18(2)14-31(26)16-21/h5-9,12-14,16-17,19H,4,10-11,15H2,1-3H3/b6-5+,20-13+,22-7+/t19-/m1/s1. The van der Waals surface area contributed by atoms with E-state index in [4.69, 9.17) is 11.6 Å². The number of aromatic nitrogens is 2. The number of hydrogen-bond donors (Lipinski definition) is 0. The zero-order valence-corrected chi connectivity index (χ0v) is 20.0. The lowest BCUT2D eigenvalue weighted by Gasteiger charge is -2.42. The van der Waals surface area contributed by atoms with Gasteiger partial charge in [0.25, 0.3) is 5.91 Å². The average Bonchev–Trinajstić information content (AvgIpc) is 3.18. The number of pyridine rings is 1. The van der Waals surface area contributed by atoms with Crippen LogP contribution in [0.2, 0.25) is 5.02 Å². The second kappa shape index (κ2) is 8.69. The molecule has 170 valence electrons. The van der Waals surface area contributed by atoms with Gasteiger partial charge in [0.1, 0.15) is 0 Å². The van der Waals surface area contributed by atoms with Crippen molar-refractivity contribution in [3.8, 4) is 0 Å². The molecule has 1 atom stereocenters. The van der Waals surface area contributed by atoms with Crippen LogP contribution in [0, 0.1) is 6.92 Å². The van der Waals surface area contributed by atoms with Gasteiger partial charge in [-0.2, -0.15) is 0 Å². The van der Waals surface area contributed by atoms with Crippen LogP contribution in [0.5, 0.6) is 0 Å². The molecule has 0 spiro atoms. The van der Waals surface area contributed by atoms with E-state index in [0.29, 0.717) is 16.7 Å². The number of nitrogens with zero attached hydrogens (tertiary/aromatic N) is 5. The van der Waals surface area contributed by atoms with E-state index in [2.05, 4.69) is 34.7 Å². The van der Waals surface area contributed by atoms with Crippen LogP contribution in [0.15, 0.2) is 72.5 Å². The van der Waals surface area contributed by atoms with Crippen LogP contribution in [0.25, 0.3) is 11.2 Å². The first-order valence-electron chi connectivity index (χ1n) is 11.4. The summed E-state index contributed by atoms with van der Waals surface area (Å²) >= 11 is 6.48. The molecule has 7 heteroatoms. The van der Waals surface area contributed by atoms with Crippen molar-refractivity contribution in [2.75, 3.05) is 26.2 Å². The third-order valence-electron chi connectivity index (χ3n) is 6.52. The summed E-state index contributed by atoms with van der Waals surface area (Å²) in [6.45, 7) is 10.4. The fourth-order valence-corrected chi connectivity index (χ4v) is 4.99. The van der Waals surface area contributed by atoms with Gasteiger partial charge in [-0.1, -0.05) is 30.7 Å². The van der Waals surface area contributed by atoms with E-state index < -0.39 is 0 Å². The van der Waals surface area contributed by atoms with E-state index in [1.165, 1.54) is 0 Å². The maximum Gasteiger partial charge on any atom is 0.255 e. The number of fused-ring (bicyclic) bond motifs is 2. The van der Waals surface area contributed by atoms with Gasteiger partial charge in [0.2, 0.25) is 0 Å². The van der Waals surface area contributed by atoms with Crippen LogP contribution >= 0.6 is 11.6 Å². The first-order chi connectivity index (χ1) is 15.9. The van der Waals surface area contributed by atoms with Crippen molar-refractivity contribution < 1.29 is 4.79 Å². The predicted octanol–water partition coefficient (Wildman–Crippen LogP) is 4.40. The van der Waals surface area contributed by atoms with Gasteiger partial charge < -0.3 is 9.30 Å². The molecule has 3 aliphatic rings. The summed E-state index contributed by atoms with van der Waals surface area (Å²) in [6, 6.07) is 2.35. The van der Waals surface area contributed by atoms with Crippen molar-refractivity contribution in [3.05, 3.63) is 88.8 Å². The lowest BCUT2D eigenvalue weighted by molar-refractivity contribution is -0.122. The minimum Gasteiger partial charge on any atom is -0.367 e. The maximum atomic E-state index is 13.3. The van der Waals surface area contributed by atoms with Crippen LogP contribution in [0.1, 0.15) is 25.1 Å². The van der Waals surface area contributed by atoms with Crippen molar-refractivity contribution in [1.82, 2.24) is 24.1 Å². The molecule has 1 saturated heterocycles. The second-order valence-electron chi connectivity index (χ2n) is 8.76. The molecule has 1 fully saturated rings. The Balaban J connectivity index is 1.45. The molecule has 3 aliphatic heterocycles. The van der Waals surface area contributed by atoms with Crippen LogP contribution in [0.4, 0.5) is 0 Å². The number of rotatable bonds is 3. The highest BCUT2D eigenvalue weighted by atomic mass is 35.5. The van der Waals surface area contributed by atoms with E-state index in [1.54, 1.807) is 11.0 Å². The third-order valence-corrected chi connectivity index (χ3v) is 6.80. The highest BCUT2D eigenvalue weighted by Gasteiger charge is 2.26. The fraction of sp³-hybridized carbons (Fsp3) is 0.308. The van der Waals surface area contributed by atoms with E-state index in [-0.39, 0.29) is 5.91 Å². The van der Waals surface area contributed by atoms with Crippen molar-refractivity contribution in [2.24, 2.45) is 0 Å². The summed E-state index contributed by atoms with van der Waals surface area (Å²) in [6.07, 6.45) is 17.5. The second-order valence-corrected chi connectivity index (χ2v) is 9.17. The molecule has 0 bridgehead atoms. The molecule has 33 heavy (non-hydrogen) atoms. The Hall–Kier alpha value is -3.09. The van der Waals surface area contributed by atoms with Gasteiger partial charge in [0.15, 0.2) is 5.65 Å². The molecule has 5 heterocycles. The maximum absolute atomic E-state index is 13.3. The molecule has 6 nitrogen and oxygen atoms in total. The van der Waals surface area contributed by atoms with Crippen molar-refractivity contribution in [1.29, 1.82) is 0 Å². The van der Waals surface area contributed by atoms with Gasteiger partial charge in [-0.25, -0.2) is 4.98 Å². The molecule has 0 radical (unpaired) electrons. The number of aryl methyl sites for hydroxylation is 1. The van der Waals surface area contributed by atoms with E-state index in [9.17, 15) is 4.79 Å². The summed E-state index contributed by atoms with van der Waals surface area (Å²) < 4.78 is 1.91. The highest BCUT2D eigenvalue weighted by Crippen LogP contribution is 2.28. The Labute approximate surface area is 199 Å². The van der Waals surface area contributed by atoms with E-state index >= 15 is 0 Å². The van der Waals surface area contributed by atoms with Gasteiger partial charge in [-0.15, -0.1) is 0 Å². The molecular weight excluding hydrogens is 434 g/mol. The van der Waals surface area contributed by atoms with Gasteiger partial charge in [-0.05, 0) is 50.3 Å². The molecule has 2 aromatic rings. The number of carbonyl (C=O) groups excluding carboxylic acids is 1. The molecule has 0 aromatic carbocycles. The minimum atomic E-state index is -0.0827. The lowest BCUT2D eigenvalue weighted by Crippen LogP contribution is -2.51. The SMILES string of the molecule is CCN1CCN(C2=CN3C(=O)\C=C(c4cc(Cl)c5nc(C)cn5c4)/C=C/C=C/3C=C2)C[C@H]1C. The van der Waals surface area contributed by atoms with Gasteiger partial charge >= 0.3 is 0 Å². The first-order valence-corrected chi connectivity index (χ1v) is 11.8. The monoisotopic (exact) mass is 461 g/mol. The Morgan fingerprint density at radius 1 is 1.15 bits per heavy atom. The number of carbonyl (C=O) groups is 1.